The molecule has 1 atom stereocenters. The van der Waals surface area contributed by atoms with Crippen molar-refractivity contribution < 1.29 is 5.11 Å². The van der Waals surface area contributed by atoms with Crippen LogP contribution in [-0.2, 0) is 13.0 Å². The highest BCUT2D eigenvalue weighted by Crippen LogP contribution is 2.36. The topological polar surface area (TPSA) is 50.9 Å². The predicted molar refractivity (Wildman–Crippen MR) is 50.9 cm³/mol. The van der Waals surface area contributed by atoms with Gasteiger partial charge in [-0.25, -0.2) is 0 Å². The van der Waals surface area contributed by atoms with E-state index in [4.69, 9.17) is 0 Å². The summed E-state index contributed by atoms with van der Waals surface area (Å²) >= 11 is 0. The molecule has 1 aromatic heterocycles. The average Bonchev–Trinajstić information content (AvgIpc) is 2.46. The van der Waals surface area contributed by atoms with Gasteiger partial charge < -0.3 is 9.67 Å². The largest absolute Gasteiger partial charge is 0.391 e. The van der Waals surface area contributed by atoms with Crippen molar-refractivity contribution >= 4 is 0 Å². The summed E-state index contributed by atoms with van der Waals surface area (Å²) in [7, 11) is 0. The number of hydrogen-bond donors (Lipinski definition) is 1. The van der Waals surface area contributed by atoms with Gasteiger partial charge in [-0.05, 0) is 19.3 Å². The van der Waals surface area contributed by atoms with E-state index in [2.05, 4.69) is 14.8 Å². The maximum atomic E-state index is 9.59. The summed E-state index contributed by atoms with van der Waals surface area (Å²) in [5, 5.41) is 18.0. The molecule has 3 rings (SSSR count). The van der Waals surface area contributed by atoms with Crippen LogP contribution in [0, 0.1) is 0 Å². The number of aliphatic hydroxyl groups excluding tert-OH is 1. The van der Waals surface area contributed by atoms with Crippen LogP contribution in [0.2, 0.25) is 0 Å². The molecule has 0 radical (unpaired) electrons. The Labute approximate surface area is 83.0 Å². The van der Waals surface area contributed by atoms with Crippen LogP contribution in [0.5, 0.6) is 0 Å². The molecule has 14 heavy (non-hydrogen) atoms. The van der Waals surface area contributed by atoms with Gasteiger partial charge in [-0.15, -0.1) is 10.2 Å². The first-order valence-corrected chi connectivity index (χ1v) is 5.44. The molecule has 0 amide bonds. The normalized spacial score (nSPS) is 27.1. The molecular weight excluding hydrogens is 178 g/mol. The zero-order valence-corrected chi connectivity index (χ0v) is 8.19. The van der Waals surface area contributed by atoms with E-state index in [0.717, 1.165) is 24.5 Å². The zero-order chi connectivity index (χ0) is 9.54. The summed E-state index contributed by atoms with van der Waals surface area (Å²) in [6.45, 7) is 0.703. The van der Waals surface area contributed by atoms with E-state index in [9.17, 15) is 5.11 Å². The lowest BCUT2D eigenvalue weighted by molar-refractivity contribution is 0.127. The number of fused-ring (bicyclic) bond motifs is 1. The van der Waals surface area contributed by atoms with Gasteiger partial charge in [0.15, 0.2) is 0 Å². The maximum Gasteiger partial charge on any atom is 0.136 e. The van der Waals surface area contributed by atoms with E-state index < -0.39 is 0 Å². The predicted octanol–water partition coefficient (Wildman–Crippen LogP) is 0.853. The third-order valence-electron chi connectivity index (χ3n) is 3.42. The Balaban J connectivity index is 1.93. The van der Waals surface area contributed by atoms with Crippen molar-refractivity contribution in [1.29, 1.82) is 0 Å². The molecule has 4 nitrogen and oxygen atoms in total. The second kappa shape index (κ2) is 3.05. The molecule has 0 saturated heterocycles. The molecule has 2 heterocycles. The molecule has 0 bridgehead atoms. The number of aryl methyl sites for hydroxylation is 1. The average molecular weight is 193 g/mol. The standard InChI is InChI=1S/C10H15N3O/c14-8-4-5-9-11-12-10(13(9)6-8)7-2-1-3-7/h7-8,14H,1-6H2. The van der Waals surface area contributed by atoms with Crippen LogP contribution in [-0.4, -0.2) is 26.0 Å². The van der Waals surface area contributed by atoms with Crippen LogP contribution in [0.3, 0.4) is 0 Å². The Kier molecular flexibility index (Phi) is 1.83. The van der Waals surface area contributed by atoms with Gasteiger partial charge >= 0.3 is 0 Å². The second-order valence-corrected chi connectivity index (χ2v) is 4.41. The van der Waals surface area contributed by atoms with Crippen LogP contribution in [0.1, 0.15) is 43.3 Å². The van der Waals surface area contributed by atoms with Gasteiger partial charge in [-0.3, -0.25) is 0 Å². The third kappa shape index (κ3) is 1.17. The highest BCUT2D eigenvalue weighted by Gasteiger charge is 2.29. The van der Waals surface area contributed by atoms with E-state index in [1.54, 1.807) is 0 Å². The van der Waals surface area contributed by atoms with Crippen molar-refractivity contribution in [3.05, 3.63) is 11.6 Å². The minimum Gasteiger partial charge on any atom is -0.391 e. The summed E-state index contributed by atoms with van der Waals surface area (Å²) in [6.07, 6.45) is 5.32. The molecule has 1 unspecified atom stereocenters. The summed E-state index contributed by atoms with van der Waals surface area (Å²) < 4.78 is 2.14. The molecule has 1 saturated carbocycles. The lowest BCUT2D eigenvalue weighted by Crippen LogP contribution is -2.27. The van der Waals surface area contributed by atoms with Gasteiger partial charge in [-0.2, -0.15) is 0 Å². The van der Waals surface area contributed by atoms with Gasteiger partial charge in [-0.1, -0.05) is 6.42 Å². The zero-order valence-electron chi connectivity index (χ0n) is 8.19. The van der Waals surface area contributed by atoms with Gasteiger partial charge in [0.25, 0.3) is 0 Å². The van der Waals surface area contributed by atoms with Gasteiger partial charge in [0, 0.05) is 12.3 Å². The Morgan fingerprint density at radius 3 is 2.79 bits per heavy atom. The Bertz CT molecular complexity index is 343. The fraction of sp³-hybridized carbons (Fsp3) is 0.800. The van der Waals surface area contributed by atoms with Crippen molar-refractivity contribution in [1.82, 2.24) is 14.8 Å². The Morgan fingerprint density at radius 1 is 1.21 bits per heavy atom. The van der Waals surface area contributed by atoms with Crippen molar-refractivity contribution in [3.8, 4) is 0 Å². The summed E-state index contributed by atoms with van der Waals surface area (Å²) in [5.41, 5.74) is 0. The summed E-state index contributed by atoms with van der Waals surface area (Å²) in [6, 6.07) is 0. The summed E-state index contributed by atoms with van der Waals surface area (Å²) in [5.74, 6) is 2.80. The smallest absolute Gasteiger partial charge is 0.136 e. The Hall–Kier alpha value is -0.900. The van der Waals surface area contributed by atoms with Crippen LogP contribution in [0.15, 0.2) is 0 Å². The van der Waals surface area contributed by atoms with Crippen molar-refractivity contribution in [3.63, 3.8) is 0 Å². The van der Waals surface area contributed by atoms with E-state index in [0.29, 0.717) is 12.5 Å². The summed E-state index contributed by atoms with van der Waals surface area (Å²) in [4.78, 5) is 0. The molecule has 4 heteroatoms. The first-order chi connectivity index (χ1) is 6.84. The van der Waals surface area contributed by atoms with E-state index >= 15 is 0 Å². The van der Waals surface area contributed by atoms with E-state index in [1.165, 1.54) is 19.3 Å². The maximum absolute atomic E-state index is 9.59. The molecule has 1 aromatic rings. The van der Waals surface area contributed by atoms with Gasteiger partial charge in [0.2, 0.25) is 0 Å². The lowest BCUT2D eigenvalue weighted by atomic mass is 9.84. The SMILES string of the molecule is OC1CCc2nnc(C3CCC3)n2C1. The van der Waals surface area contributed by atoms with Gasteiger partial charge in [0.1, 0.15) is 11.6 Å². The minimum atomic E-state index is -0.197. The highest BCUT2D eigenvalue weighted by molar-refractivity contribution is 5.07. The fourth-order valence-corrected chi connectivity index (χ4v) is 2.30. The van der Waals surface area contributed by atoms with Crippen molar-refractivity contribution in [2.24, 2.45) is 0 Å². The molecule has 0 spiro atoms. The third-order valence-corrected chi connectivity index (χ3v) is 3.42. The number of rotatable bonds is 1. The van der Waals surface area contributed by atoms with Gasteiger partial charge in [0.05, 0.1) is 12.6 Å². The van der Waals surface area contributed by atoms with Crippen LogP contribution < -0.4 is 0 Å². The van der Waals surface area contributed by atoms with Crippen LogP contribution >= 0.6 is 0 Å². The molecule has 1 N–H and O–H groups in total. The molecule has 1 aliphatic carbocycles. The molecule has 2 aliphatic rings. The quantitative estimate of drug-likeness (QED) is 0.719. The molecule has 1 aliphatic heterocycles. The molecule has 76 valence electrons. The molecule has 1 fully saturated rings. The Morgan fingerprint density at radius 2 is 2.07 bits per heavy atom. The van der Waals surface area contributed by atoms with Crippen molar-refractivity contribution in [2.45, 2.75) is 50.7 Å². The second-order valence-electron chi connectivity index (χ2n) is 4.41. The first-order valence-electron chi connectivity index (χ1n) is 5.44. The molecule has 0 aromatic carbocycles. The lowest BCUT2D eigenvalue weighted by Gasteiger charge is -2.27. The minimum absolute atomic E-state index is 0.197. The fourth-order valence-electron chi connectivity index (χ4n) is 2.30. The number of nitrogens with zero attached hydrogens (tertiary/aromatic N) is 3. The number of aliphatic hydroxyl groups is 1. The first kappa shape index (κ1) is 8.41. The monoisotopic (exact) mass is 193 g/mol. The number of hydrogen-bond acceptors (Lipinski definition) is 3. The van der Waals surface area contributed by atoms with E-state index in [-0.39, 0.29) is 6.10 Å². The highest BCUT2D eigenvalue weighted by atomic mass is 16.3. The van der Waals surface area contributed by atoms with Crippen LogP contribution in [0.25, 0.3) is 0 Å². The van der Waals surface area contributed by atoms with E-state index in [1.807, 2.05) is 0 Å². The number of aromatic nitrogens is 3. The van der Waals surface area contributed by atoms with Crippen molar-refractivity contribution in [2.75, 3.05) is 0 Å². The van der Waals surface area contributed by atoms with Crippen LogP contribution in [0.4, 0.5) is 0 Å². The molecular formula is C10H15N3O.